The van der Waals surface area contributed by atoms with E-state index in [4.69, 9.17) is 14.7 Å². The Balaban J connectivity index is 0.000000586. The number of hydrogen-bond donors (Lipinski definition) is 3. The van der Waals surface area contributed by atoms with Gasteiger partial charge in [-0.15, -0.1) is 0 Å². The molecule has 11 heteroatoms. The predicted molar refractivity (Wildman–Crippen MR) is 142 cm³/mol. The first kappa shape index (κ1) is 26.5. The molecular weight excluding hydrogens is 501 g/mol. The van der Waals surface area contributed by atoms with Gasteiger partial charge < -0.3 is 20.4 Å². The van der Waals surface area contributed by atoms with E-state index in [2.05, 4.69) is 16.3 Å². The maximum Gasteiger partial charge on any atom is 0.261 e. The molecule has 0 spiro atoms. The van der Waals surface area contributed by atoms with Crippen molar-refractivity contribution >= 4 is 32.5 Å². The normalized spacial score (nSPS) is 15.0. The number of nitrogens with one attached hydrogen (secondary N) is 1. The third kappa shape index (κ3) is 6.43. The number of likely N-dealkylation sites (tertiary alicyclic amines) is 1. The van der Waals surface area contributed by atoms with Gasteiger partial charge in [-0.3, -0.25) is 14.1 Å². The Morgan fingerprint density at radius 3 is 2.51 bits per heavy atom. The molecule has 0 radical (unpaired) electrons. The smallest absolute Gasteiger partial charge is 0.261 e. The highest BCUT2D eigenvalue weighted by Crippen LogP contribution is 2.29. The first-order valence-corrected chi connectivity index (χ1v) is 13.6. The van der Waals surface area contributed by atoms with Gasteiger partial charge in [-0.1, -0.05) is 18.2 Å². The van der Waals surface area contributed by atoms with Gasteiger partial charge in [0.2, 0.25) is 10.9 Å². The fraction of sp³-hybridized carbons (Fsp3) is 0.308. The molecule has 4 aromatic rings. The van der Waals surface area contributed by atoms with E-state index in [1.807, 2.05) is 24.5 Å². The van der Waals surface area contributed by atoms with Gasteiger partial charge in [-0.05, 0) is 49.1 Å². The van der Waals surface area contributed by atoms with Gasteiger partial charge in [-0.25, -0.2) is 4.39 Å². The maximum absolute atomic E-state index is 14.2. The van der Waals surface area contributed by atoms with E-state index in [0.717, 1.165) is 49.9 Å². The lowest BCUT2D eigenvalue weighted by Crippen LogP contribution is -2.44. The number of benzene rings is 2. The first-order valence-electron chi connectivity index (χ1n) is 11.8. The topological polar surface area (TPSA) is 143 Å². The largest absolute Gasteiger partial charge is 0.464 e. The molecular formula is C26H28FN3O6S. The molecule has 0 bridgehead atoms. The van der Waals surface area contributed by atoms with Crippen LogP contribution in [0, 0.1) is 5.82 Å². The highest BCUT2D eigenvalue weighted by atomic mass is 32.2. The number of nitrogens with two attached hydrogens (primary N) is 1. The molecule has 0 amide bonds. The summed E-state index contributed by atoms with van der Waals surface area (Å²) in [5.41, 5.74) is 7.36. The van der Waals surface area contributed by atoms with Crippen LogP contribution >= 0.6 is 0 Å². The molecule has 0 aliphatic carbocycles. The lowest BCUT2D eigenvalue weighted by Gasteiger charge is -2.33. The number of hydrogen-bond acceptors (Lipinski definition) is 8. The van der Waals surface area contributed by atoms with Crippen molar-refractivity contribution in [3.8, 4) is 11.1 Å². The van der Waals surface area contributed by atoms with Crippen molar-refractivity contribution in [2.45, 2.75) is 25.3 Å². The van der Waals surface area contributed by atoms with Crippen molar-refractivity contribution in [3.63, 3.8) is 0 Å². The zero-order valence-corrected chi connectivity index (χ0v) is 21.1. The van der Waals surface area contributed by atoms with Gasteiger partial charge in [-0.2, -0.15) is 8.42 Å². The molecule has 3 aromatic carbocycles. The van der Waals surface area contributed by atoms with Gasteiger partial charge in [0.15, 0.2) is 0 Å². The van der Waals surface area contributed by atoms with E-state index in [9.17, 15) is 22.4 Å². The molecule has 1 fully saturated rings. The summed E-state index contributed by atoms with van der Waals surface area (Å²) in [6.07, 6.45) is 5.13. The van der Waals surface area contributed by atoms with Crippen LogP contribution in [-0.2, 0) is 16.5 Å². The van der Waals surface area contributed by atoms with E-state index in [1.165, 1.54) is 23.8 Å². The molecule has 1 aliphatic rings. The van der Waals surface area contributed by atoms with Crippen LogP contribution in [0.3, 0.4) is 0 Å². The van der Waals surface area contributed by atoms with Gasteiger partial charge in [0, 0.05) is 42.3 Å². The van der Waals surface area contributed by atoms with Crippen LogP contribution < -0.4 is 21.9 Å². The summed E-state index contributed by atoms with van der Waals surface area (Å²) < 4.78 is 45.7. The number of nitrogens with zero attached hydrogens (tertiary/aromatic N) is 1. The van der Waals surface area contributed by atoms with Crippen molar-refractivity contribution in [2.75, 3.05) is 36.9 Å². The fourth-order valence-electron chi connectivity index (χ4n) is 4.53. The predicted octanol–water partition coefficient (Wildman–Crippen LogP) is 3.04. The van der Waals surface area contributed by atoms with Crippen LogP contribution in [0.2, 0.25) is 0 Å². The number of anilines is 2. The van der Waals surface area contributed by atoms with Crippen molar-refractivity contribution in [3.05, 3.63) is 80.6 Å². The zero-order valence-electron chi connectivity index (χ0n) is 20.2. The van der Waals surface area contributed by atoms with E-state index >= 15 is 0 Å². The van der Waals surface area contributed by atoms with Crippen molar-refractivity contribution < 1.29 is 21.8 Å². The molecule has 1 saturated heterocycles. The minimum atomic E-state index is -3.67. The number of piperidine rings is 1. The van der Waals surface area contributed by atoms with Crippen LogP contribution in [0.15, 0.2) is 62.7 Å². The zero-order chi connectivity index (χ0) is 26.7. The Hall–Kier alpha value is -3.54. The minimum Gasteiger partial charge on any atom is -0.464 e. The standard InChI is InChI=1S/C25H24FN3O3.CH4O3S/c26-20-6-5-16(27)13-19(20)22-23(25(31)24(22)30)28-17-8-11-29(12-9-17)10-7-15-14-32-21-4-2-1-3-18(15)21;1-5(2,3)4/h1-6,13-14,17,28H,7-12,27H2;1H3,(H,2,3,4). The second kappa shape index (κ2) is 10.8. The molecule has 0 atom stereocenters. The summed E-state index contributed by atoms with van der Waals surface area (Å²) in [6.45, 7) is 2.69. The first-order chi connectivity index (χ1) is 17.5. The average Bonchev–Trinajstić information content (AvgIpc) is 3.27. The van der Waals surface area contributed by atoms with Crippen molar-refractivity contribution in [2.24, 2.45) is 0 Å². The van der Waals surface area contributed by atoms with Crippen LogP contribution in [0.25, 0.3) is 22.1 Å². The summed E-state index contributed by atoms with van der Waals surface area (Å²) in [6, 6.07) is 12.1. The molecule has 4 N–H and O–H groups in total. The highest BCUT2D eigenvalue weighted by Gasteiger charge is 2.28. The highest BCUT2D eigenvalue weighted by molar-refractivity contribution is 7.85. The molecule has 5 rings (SSSR count). The van der Waals surface area contributed by atoms with E-state index in [0.29, 0.717) is 11.9 Å². The molecule has 0 unspecified atom stereocenters. The Bertz CT molecular complexity index is 1570. The van der Waals surface area contributed by atoms with Gasteiger partial charge in [0.1, 0.15) is 11.4 Å². The number of halogens is 1. The van der Waals surface area contributed by atoms with E-state index < -0.39 is 26.8 Å². The lowest BCUT2D eigenvalue weighted by molar-refractivity contribution is 0.221. The van der Waals surface area contributed by atoms with E-state index in [1.54, 1.807) is 0 Å². The van der Waals surface area contributed by atoms with Crippen molar-refractivity contribution in [1.82, 2.24) is 4.90 Å². The molecule has 2 heterocycles. The molecule has 37 heavy (non-hydrogen) atoms. The average molecular weight is 530 g/mol. The number of fused-ring (bicyclic) bond motifs is 1. The number of rotatable bonds is 6. The molecule has 9 nitrogen and oxygen atoms in total. The van der Waals surface area contributed by atoms with Gasteiger partial charge >= 0.3 is 0 Å². The molecule has 0 saturated carbocycles. The lowest BCUT2D eigenvalue weighted by atomic mass is 9.95. The molecule has 1 aliphatic heterocycles. The Morgan fingerprint density at radius 2 is 1.81 bits per heavy atom. The fourth-order valence-corrected chi connectivity index (χ4v) is 4.53. The summed E-state index contributed by atoms with van der Waals surface area (Å²) in [5.74, 6) is -0.559. The third-order valence-corrected chi connectivity index (χ3v) is 6.36. The van der Waals surface area contributed by atoms with Crippen LogP contribution in [0.4, 0.5) is 15.8 Å². The summed E-state index contributed by atoms with van der Waals surface area (Å²) in [5, 5.41) is 4.36. The second-order valence-electron chi connectivity index (χ2n) is 9.15. The van der Waals surface area contributed by atoms with Crippen LogP contribution in [-0.4, -0.2) is 49.8 Å². The van der Waals surface area contributed by atoms with Crippen LogP contribution in [0.1, 0.15) is 18.4 Å². The second-order valence-corrected chi connectivity index (χ2v) is 10.6. The van der Waals surface area contributed by atoms with Crippen LogP contribution in [0.5, 0.6) is 0 Å². The molecule has 196 valence electrons. The number of nitrogen functional groups attached to an aromatic ring is 1. The SMILES string of the molecule is CS(=O)(=O)O.Nc1ccc(F)c(-c2c(NC3CCN(CCc4coc5ccccc45)CC3)c(=O)c2=O)c1. The van der Waals surface area contributed by atoms with Gasteiger partial charge in [0.25, 0.3) is 10.1 Å². The molecule has 1 aromatic heterocycles. The minimum absolute atomic E-state index is 0.0622. The Morgan fingerprint density at radius 1 is 1.14 bits per heavy atom. The summed E-state index contributed by atoms with van der Waals surface area (Å²) in [7, 11) is -3.67. The quantitative estimate of drug-likeness (QED) is 0.195. The summed E-state index contributed by atoms with van der Waals surface area (Å²) in [4.78, 5) is 26.7. The number of furan rings is 1. The Kier molecular flexibility index (Phi) is 7.76. The monoisotopic (exact) mass is 529 g/mol. The number of para-hydroxylation sites is 1. The van der Waals surface area contributed by atoms with E-state index in [-0.39, 0.29) is 22.9 Å². The Labute approximate surface area is 213 Å². The van der Waals surface area contributed by atoms with Crippen molar-refractivity contribution in [1.29, 1.82) is 0 Å². The summed E-state index contributed by atoms with van der Waals surface area (Å²) >= 11 is 0. The maximum atomic E-state index is 14.2. The third-order valence-electron chi connectivity index (χ3n) is 6.36. The van der Waals surface area contributed by atoms with Gasteiger partial charge in [0.05, 0.1) is 23.8 Å².